The lowest BCUT2D eigenvalue weighted by Crippen LogP contribution is -2.43. The van der Waals surface area contributed by atoms with Crippen LogP contribution in [-0.2, 0) is 0 Å². The number of halogens is 1. The van der Waals surface area contributed by atoms with E-state index in [2.05, 4.69) is 5.32 Å². The predicted octanol–water partition coefficient (Wildman–Crippen LogP) is 4.61. The second kappa shape index (κ2) is 6.52. The molecule has 3 aromatic rings. The number of nitrogens with one attached hydrogen (secondary N) is 1. The maximum absolute atomic E-state index is 13.4. The number of ether oxygens (including phenoxy) is 1. The van der Waals surface area contributed by atoms with Crippen LogP contribution in [0.5, 0.6) is 5.75 Å². The van der Waals surface area contributed by atoms with E-state index in [1.807, 2.05) is 42.5 Å². The van der Waals surface area contributed by atoms with Crippen molar-refractivity contribution in [3.8, 4) is 5.75 Å². The first kappa shape index (κ1) is 16.1. The number of rotatable bonds is 3. The number of carbonyl (C=O) groups is 1. The van der Waals surface area contributed by atoms with E-state index in [-0.39, 0.29) is 11.7 Å². The molecule has 1 heterocycles. The first-order valence-electron chi connectivity index (χ1n) is 8.26. The van der Waals surface area contributed by atoms with Crippen molar-refractivity contribution in [3.05, 3.63) is 89.7 Å². The van der Waals surface area contributed by atoms with E-state index in [0.29, 0.717) is 11.3 Å². The molecular weight excluding hydrogens is 331 g/mol. The molecule has 0 bridgehead atoms. The number of hydrogen-bond donors (Lipinski definition) is 1. The van der Waals surface area contributed by atoms with Gasteiger partial charge < -0.3 is 10.1 Å². The molecule has 0 fully saturated rings. The van der Waals surface area contributed by atoms with Crippen LogP contribution >= 0.6 is 0 Å². The van der Waals surface area contributed by atoms with E-state index in [9.17, 15) is 9.18 Å². The number of fused-ring (bicyclic) bond motifs is 1. The van der Waals surface area contributed by atoms with Crippen molar-refractivity contribution >= 4 is 17.3 Å². The number of anilines is 2. The molecule has 130 valence electrons. The van der Waals surface area contributed by atoms with Crippen molar-refractivity contribution in [2.75, 3.05) is 17.3 Å². The van der Waals surface area contributed by atoms with Crippen molar-refractivity contribution in [3.63, 3.8) is 0 Å². The van der Waals surface area contributed by atoms with E-state index in [4.69, 9.17) is 4.74 Å². The maximum Gasteiger partial charge on any atom is 0.262 e. The third-order valence-corrected chi connectivity index (χ3v) is 4.46. The Morgan fingerprint density at radius 1 is 0.962 bits per heavy atom. The predicted molar refractivity (Wildman–Crippen MR) is 99.0 cm³/mol. The molecule has 0 aromatic heterocycles. The van der Waals surface area contributed by atoms with Gasteiger partial charge in [0.25, 0.3) is 5.91 Å². The summed E-state index contributed by atoms with van der Waals surface area (Å²) in [5.74, 6) is 0.268. The van der Waals surface area contributed by atoms with E-state index in [0.717, 1.165) is 17.0 Å². The minimum atomic E-state index is -0.409. The van der Waals surface area contributed by atoms with Gasteiger partial charge in [0.2, 0.25) is 0 Å². The average Bonchev–Trinajstić information content (AvgIpc) is 2.69. The minimum absolute atomic E-state index is 0.133. The molecule has 4 nitrogen and oxygen atoms in total. The van der Waals surface area contributed by atoms with Crippen LogP contribution in [0.25, 0.3) is 0 Å². The summed E-state index contributed by atoms with van der Waals surface area (Å²) in [5.41, 5.74) is 2.88. The molecule has 4 rings (SSSR count). The van der Waals surface area contributed by atoms with Gasteiger partial charge >= 0.3 is 0 Å². The van der Waals surface area contributed by atoms with Crippen LogP contribution in [0.4, 0.5) is 15.8 Å². The highest BCUT2D eigenvalue weighted by molar-refractivity contribution is 6.12. The van der Waals surface area contributed by atoms with Crippen molar-refractivity contribution in [2.45, 2.75) is 6.17 Å². The smallest absolute Gasteiger partial charge is 0.262 e. The molecule has 1 amide bonds. The first-order chi connectivity index (χ1) is 12.7. The molecule has 0 spiro atoms. The lowest BCUT2D eigenvalue weighted by Gasteiger charge is -2.38. The Hall–Kier alpha value is -3.34. The number of hydrogen-bond acceptors (Lipinski definition) is 3. The molecule has 0 unspecified atom stereocenters. The van der Waals surface area contributed by atoms with Crippen LogP contribution in [0.2, 0.25) is 0 Å². The normalized spacial score (nSPS) is 16.0. The molecule has 3 aromatic carbocycles. The highest BCUT2D eigenvalue weighted by atomic mass is 19.1. The summed E-state index contributed by atoms with van der Waals surface area (Å²) in [6, 6.07) is 20.8. The molecule has 0 radical (unpaired) electrons. The van der Waals surface area contributed by atoms with Crippen LogP contribution in [0.15, 0.2) is 72.8 Å². The number of carbonyl (C=O) groups excluding carboxylic acids is 1. The molecule has 26 heavy (non-hydrogen) atoms. The summed E-state index contributed by atoms with van der Waals surface area (Å²) in [6.07, 6.45) is -0.409. The highest BCUT2D eigenvalue weighted by Crippen LogP contribution is 2.36. The summed E-state index contributed by atoms with van der Waals surface area (Å²) in [4.78, 5) is 14.8. The third-order valence-electron chi connectivity index (χ3n) is 4.46. The fraction of sp³-hybridized carbons (Fsp3) is 0.0952. The van der Waals surface area contributed by atoms with Crippen LogP contribution in [0.3, 0.4) is 0 Å². The van der Waals surface area contributed by atoms with Gasteiger partial charge in [-0.05, 0) is 54.1 Å². The summed E-state index contributed by atoms with van der Waals surface area (Å²) < 4.78 is 18.6. The van der Waals surface area contributed by atoms with Crippen molar-refractivity contribution in [2.24, 2.45) is 0 Å². The van der Waals surface area contributed by atoms with Gasteiger partial charge in [-0.1, -0.05) is 24.3 Å². The lowest BCUT2D eigenvalue weighted by molar-refractivity contribution is 0.0975. The Morgan fingerprint density at radius 3 is 2.35 bits per heavy atom. The molecule has 0 aliphatic carbocycles. The van der Waals surface area contributed by atoms with Gasteiger partial charge in [-0.15, -0.1) is 0 Å². The Kier molecular flexibility index (Phi) is 4.05. The topological polar surface area (TPSA) is 41.6 Å². The third kappa shape index (κ3) is 2.77. The van der Waals surface area contributed by atoms with Gasteiger partial charge in [0.1, 0.15) is 17.7 Å². The van der Waals surface area contributed by atoms with E-state index >= 15 is 0 Å². The fourth-order valence-electron chi connectivity index (χ4n) is 3.14. The van der Waals surface area contributed by atoms with Crippen LogP contribution in [-0.4, -0.2) is 13.0 Å². The van der Waals surface area contributed by atoms with Gasteiger partial charge in [0.15, 0.2) is 0 Å². The van der Waals surface area contributed by atoms with Gasteiger partial charge in [-0.2, -0.15) is 0 Å². The first-order valence-corrected chi connectivity index (χ1v) is 8.26. The molecule has 1 atom stereocenters. The number of methoxy groups -OCH3 is 1. The highest BCUT2D eigenvalue weighted by Gasteiger charge is 2.33. The Labute approximate surface area is 150 Å². The monoisotopic (exact) mass is 348 g/mol. The fourth-order valence-corrected chi connectivity index (χ4v) is 3.14. The molecule has 1 aliphatic rings. The molecular formula is C21H17FN2O2. The van der Waals surface area contributed by atoms with Crippen LogP contribution in [0, 0.1) is 5.82 Å². The Balaban J connectivity index is 1.82. The molecule has 5 heteroatoms. The van der Waals surface area contributed by atoms with Crippen molar-refractivity contribution in [1.82, 2.24) is 0 Å². The number of para-hydroxylation sites is 1. The van der Waals surface area contributed by atoms with E-state index in [1.54, 1.807) is 30.2 Å². The number of benzene rings is 3. The quantitative estimate of drug-likeness (QED) is 0.752. The largest absolute Gasteiger partial charge is 0.497 e. The maximum atomic E-state index is 13.4. The molecule has 0 saturated heterocycles. The Morgan fingerprint density at radius 2 is 1.65 bits per heavy atom. The molecule has 1 aliphatic heterocycles. The number of nitrogens with zero attached hydrogens (tertiary/aromatic N) is 1. The second-order valence-electron chi connectivity index (χ2n) is 6.02. The van der Waals surface area contributed by atoms with Crippen molar-refractivity contribution in [1.29, 1.82) is 0 Å². The van der Waals surface area contributed by atoms with E-state index in [1.165, 1.54) is 12.1 Å². The van der Waals surface area contributed by atoms with Gasteiger partial charge in [0, 0.05) is 11.4 Å². The van der Waals surface area contributed by atoms with Crippen LogP contribution in [0.1, 0.15) is 22.1 Å². The standard InChI is InChI=1S/C21H17FN2O2/c1-26-17-12-6-14(7-13-17)20-23-19-5-3-2-4-18(19)21(25)24(20)16-10-8-15(22)9-11-16/h2-13,20,23H,1H3/t20-/m1/s1. The van der Waals surface area contributed by atoms with Gasteiger partial charge in [0.05, 0.1) is 12.7 Å². The molecule has 1 N–H and O–H groups in total. The van der Waals surface area contributed by atoms with Crippen molar-refractivity contribution < 1.29 is 13.9 Å². The van der Waals surface area contributed by atoms with Gasteiger partial charge in [-0.25, -0.2) is 4.39 Å². The second-order valence-corrected chi connectivity index (χ2v) is 6.02. The zero-order valence-corrected chi connectivity index (χ0v) is 14.1. The zero-order chi connectivity index (χ0) is 18.1. The SMILES string of the molecule is COc1ccc([C@@H]2Nc3ccccc3C(=O)N2c2ccc(F)cc2)cc1. The summed E-state index contributed by atoms with van der Waals surface area (Å²) in [7, 11) is 1.61. The van der Waals surface area contributed by atoms with E-state index < -0.39 is 6.17 Å². The summed E-state index contributed by atoms with van der Waals surface area (Å²) in [6.45, 7) is 0. The van der Waals surface area contributed by atoms with Crippen LogP contribution < -0.4 is 15.0 Å². The summed E-state index contributed by atoms with van der Waals surface area (Å²) in [5, 5.41) is 3.41. The minimum Gasteiger partial charge on any atom is -0.497 e. The number of amides is 1. The average molecular weight is 348 g/mol. The zero-order valence-electron chi connectivity index (χ0n) is 14.1. The summed E-state index contributed by atoms with van der Waals surface area (Å²) >= 11 is 0. The van der Waals surface area contributed by atoms with Gasteiger partial charge in [-0.3, -0.25) is 9.69 Å². The Bertz CT molecular complexity index is 939. The molecule has 0 saturated carbocycles. The lowest BCUT2D eigenvalue weighted by atomic mass is 10.0.